The van der Waals surface area contributed by atoms with Gasteiger partial charge >= 0.3 is 0 Å². The molecular weight excluding hydrogens is 244 g/mol. The van der Waals surface area contributed by atoms with Crippen LogP contribution in [-0.2, 0) is 9.59 Å². The van der Waals surface area contributed by atoms with Crippen LogP contribution in [0.1, 0.15) is 30.7 Å². The number of nitrogens with zero attached hydrogens (tertiary/aromatic N) is 1. The molecule has 0 bridgehead atoms. The average molecular weight is 260 g/mol. The van der Waals surface area contributed by atoms with E-state index in [0.29, 0.717) is 25.1 Å². The van der Waals surface area contributed by atoms with Gasteiger partial charge in [-0.25, -0.2) is 0 Å². The van der Waals surface area contributed by atoms with E-state index in [2.05, 4.69) is 5.48 Å². The molecule has 2 amide bonds. The summed E-state index contributed by atoms with van der Waals surface area (Å²) in [5, 5.41) is 0. The lowest BCUT2D eigenvalue weighted by Crippen LogP contribution is -2.38. The van der Waals surface area contributed by atoms with Crippen molar-refractivity contribution in [3.8, 4) is 5.75 Å². The van der Waals surface area contributed by atoms with Crippen LogP contribution in [-0.4, -0.2) is 29.8 Å². The molecule has 3 rings (SSSR count). The van der Waals surface area contributed by atoms with Gasteiger partial charge in [-0.15, -0.1) is 0 Å². The van der Waals surface area contributed by atoms with Gasteiger partial charge in [-0.1, -0.05) is 18.2 Å². The van der Waals surface area contributed by atoms with Crippen LogP contribution in [0.4, 0.5) is 0 Å². The van der Waals surface area contributed by atoms with E-state index in [4.69, 9.17) is 4.84 Å². The Kier molecular flexibility index (Phi) is 3.11. The van der Waals surface area contributed by atoms with Crippen LogP contribution in [0.3, 0.4) is 0 Å². The number of hydrogen-bond donors (Lipinski definition) is 1. The molecule has 0 aliphatic carbocycles. The third-order valence-corrected chi connectivity index (χ3v) is 3.73. The second-order valence-corrected chi connectivity index (χ2v) is 4.93. The van der Waals surface area contributed by atoms with Crippen LogP contribution < -0.4 is 10.3 Å². The lowest BCUT2D eigenvalue weighted by Gasteiger charge is -2.26. The maximum Gasteiger partial charge on any atom is 0.260 e. The Labute approximate surface area is 111 Å². The van der Waals surface area contributed by atoms with E-state index in [1.54, 1.807) is 0 Å². The second kappa shape index (κ2) is 4.91. The van der Waals surface area contributed by atoms with Crippen molar-refractivity contribution < 1.29 is 14.4 Å². The molecule has 1 unspecified atom stereocenters. The minimum absolute atomic E-state index is 0.134. The van der Waals surface area contributed by atoms with E-state index in [0.717, 1.165) is 18.5 Å². The summed E-state index contributed by atoms with van der Waals surface area (Å²) in [4.78, 5) is 30.5. The molecule has 0 aromatic heterocycles. The molecule has 1 N–H and O–H groups in total. The topological polar surface area (TPSA) is 58.6 Å². The number of carbonyl (C=O) groups excluding carboxylic acids is 2. The maximum absolute atomic E-state index is 11.9. The minimum atomic E-state index is -0.238. The lowest BCUT2D eigenvalue weighted by atomic mass is 9.93. The first-order chi connectivity index (χ1) is 9.25. The lowest BCUT2D eigenvalue weighted by molar-refractivity contribution is -0.132. The van der Waals surface area contributed by atoms with Crippen LogP contribution >= 0.6 is 0 Å². The highest BCUT2D eigenvalue weighted by atomic mass is 16.7. The zero-order chi connectivity index (χ0) is 13.2. The molecule has 1 saturated heterocycles. The van der Waals surface area contributed by atoms with Gasteiger partial charge < -0.3 is 9.74 Å². The molecule has 1 fully saturated rings. The fourth-order valence-corrected chi connectivity index (χ4v) is 2.69. The molecule has 1 aromatic rings. The molecule has 0 saturated carbocycles. The second-order valence-electron chi connectivity index (χ2n) is 4.93. The number of likely N-dealkylation sites (tertiary alicyclic amines) is 1. The number of amides is 2. The van der Waals surface area contributed by atoms with E-state index in [9.17, 15) is 9.59 Å². The number of benzene rings is 1. The minimum Gasteiger partial charge on any atom is -0.379 e. The molecule has 2 aliphatic rings. The number of rotatable bonds is 3. The fraction of sp³-hybridized carbons (Fsp3) is 0.429. The van der Waals surface area contributed by atoms with Crippen molar-refractivity contribution in [2.45, 2.75) is 25.2 Å². The summed E-state index contributed by atoms with van der Waals surface area (Å²) in [7, 11) is 0. The van der Waals surface area contributed by atoms with Crippen molar-refractivity contribution in [2.24, 2.45) is 0 Å². The van der Waals surface area contributed by atoms with Crippen LogP contribution in [0.25, 0.3) is 0 Å². The highest BCUT2D eigenvalue weighted by molar-refractivity contribution is 5.85. The molecule has 5 heteroatoms. The van der Waals surface area contributed by atoms with Crippen molar-refractivity contribution >= 4 is 11.8 Å². The number of carbonyl (C=O) groups is 2. The quantitative estimate of drug-likeness (QED) is 0.888. The van der Waals surface area contributed by atoms with E-state index in [1.807, 2.05) is 29.2 Å². The van der Waals surface area contributed by atoms with Gasteiger partial charge in [0, 0.05) is 25.1 Å². The molecule has 2 aliphatic heterocycles. The Morgan fingerprint density at radius 1 is 1.32 bits per heavy atom. The predicted octanol–water partition coefficient (Wildman–Crippen LogP) is 1.21. The summed E-state index contributed by atoms with van der Waals surface area (Å²) >= 11 is 0. The van der Waals surface area contributed by atoms with Gasteiger partial charge in [0.05, 0.1) is 5.92 Å². The number of para-hydroxylation sites is 1. The average Bonchev–Trinajstić information content (AvgIpc) is 2.83. The van der Waals surface area contributed by atoms with Gasteiger partial charge in [-0.2, -0.15) is 5.48 Å². The van der Waals surface area contributed by atoms with Gasteiger partial charge in [0.15, 0.2) is 5.75 Å². The van der Waals surface area contributed by atoms with Crippen molar-refractivity contribution in [3.63, 3.8) is 0 Å². The summed E-state index contributed by atoms with van der Waals surface area (Å²) < 4.78 is 0. The Morgan fingerprint density at radius 3 is 2.95 bits per heavy atom. The molecule has 1 atom stereocenters. The summed E-state index contributed by atoms with van der Waals surface area (Å²) in [6.45, 7) is 1.44. The first kappa shape index (κ1) is 12.0. The van der Waals surface area contributed by atoms with Crippen molar-refractivity contribution in [1.29, 1.82) is 0 Å². The van der Waals surface area contributed by atoms with Crippen molar-refractivity contribution in [2.75, 3.05) is 13.1 Å². The highest BCUT2D eigenvalue weighted by Crippen LogP contribution is 2.32. The van der Waals surface area contributed by atoms with Gasteiger partial charge in [-0.05, 0) is 18.9 Å². The Hall–Kier alpha value is -2.04. The summed E-state index contributed by atoms with van der Waals surface area (Å²) in [6, 6.07) is 7.51. The number of hydroxylamine groups is 1. The normalized spacial score (nSPS) is 21.9. The Bertz CT molecular complexity index is 515. The number of nitrogens with one attached hydrogen (secondary N) is 1. The maximum atomic E-state index is 11.9. The zero-order valence-corrected chi connectivity index (χ0v) is 10.6. The summed E-state index contributed by atoms with van der Waals surface area (Å²) in [6.07, 6.45) is 2.20. The third kappa shape index (κ3) is 2.28. The predicted molar refractivity (Wildman–Crippen MR) is 68.4 cm³/mol. The summed E-state index contributed by atoms with van der Waals surface area (Å²) in [5.74, 6) is 0.518. The molecule has 2 heterocycles. The fourth-order valence-electron chi connectivity index (χ4n) is 2.69. The monoisotopic (exact) mass is 260 g/mol. The van der Waals surface area contributed by atoms with E-state index < -0.39 is 0 Å². The zero-order valence-electron chi connectivity index (χ0n) is 10.6. The summed E-state index contributed by atoms with van der Waals surface area (Å²) in [5.41, 5.74) is 3.33. The molecule has 1 aromatic carbocycles. The van der Waals surface area contributed by atoms with Crippen molar-refractivity contribution in [3.05, 3.63) is 29.8 Å². The van der Waals surface area contributed by atoms with E-state index in [-0.39, 0.29) is 17.7 Å². The largest absolute Gasteiger partial charge is 0.379 e. The van der Waals surface area contributed by atoms with Crippen LogP contribution in [0, 0.1) is 0 Å². The smallest absolute Gasteiger partial charge is 0.260 e. The number of fused-ring (bicyclic) bond motifs is 1. The first-order valence-corrected chi connectivity index (χ1v) is 6.59. The molecule has 5 nitrogen and oxygen atoms in total. The molecule has 0 spiro atoms. The molecule has 0 radical (unpaired) electrons. The molecular formula is C14H16N2O3. The van der Waals surface area contributed by atoms with Crippen LogP contribution in [0.2, 0.25) is 0 Å². The Morgan fingerprint density at radius 2 is 2.16 bits per heavy atom. The van der Waals surface area contributed by atoms with Crippen LogP contribution in [0.5, 0.6) is 5.75 Å². The highest BCUT2D eigenvalue weighted by Gasteiger charge is 2.30. The van der Waals surface area contributed by atoms with Gasteiger partial charge in [-0.3, -0.25) is 9.59 Å². The SMILES string of the molecule is O=C1NOc2ccccc2C1CCN1CCCC1=O. The van der Waals surface area contributed by atoms with Crippen molar-refractivity contribution in [1.82, 2.24) is 10.4 Å². The van der Waals surface area contributed by atoms with Gasteiger partial charge in [0.2, 0.25) is 5.91 Å². The number of hydrogen-bond acceptors (Lipinski definition) is 3. The first-order valence-electron chi connectivity index (χ1n) is 6.59. The van der Waals surface area contributed by atoms with Gasteiger partial charge in [0.1, 0.15) is 0 Å². The van der Waals surface area contributed by atoms with Crippen LogP contribution in [0.15, 0.2) is 24.3 Å². The Balaban J connectivity index is 1.73. The molecule has 100 valence electrons. The van der Waals surface area contributed by atoms with Gasteiger partial charge in [0.25, 0.3) is 5.91 Å². The van der Waals surface area contributed by atoms with E-state index in [1.165, 1.54) is 0 Å². The standard InChI is InChI=1S/C14H16N2O3/c17-13-6-3-8-16(13)9-7-11-10-4-1-2-5-12(10)19-15-14(11)18/h1-2,4-5,11H,3,6-9H2,(H,15,18). The van der Waals surface area contributed by atoms with E-state index >= 15 is 0 Å². The molecule has 19 heavy (non-hydrogen) atoms. The third-order valence-electron chi connectivity index (χ3n) is 3.73.